The van der Waals surface area contributed by atoms with Gasteiger partial charge in [0.05, 0.1) is 6.04 Å². The van der Waals surface area contributed by atoms with Crippen molar-refractivity contribution in [3.05, 3.63) is 27.3 Å². The van der Waals surface area contributed by atoms with Crippen molar-refractivity contribution in [2.24, 2.45) is 0 Å². The first-order valence-electron chi connectivity index (χ1n) is 7.76. The van der Waals surface area contributed by atoms with Gasteiger partial charge in [0.25, 0.3) is 0 Å². The van der Waals surface area contributed by atoms with Gasteiger partial charge in [-0.1, -0.05) is 6.07 Å². The number of halogens is 1. The third-order valence-electron chi connectivity index (χ3n) is 3.72. The number of amides is 1. The van der Waals surface area contributed by atoms with Crippen LogP contribution in [0.15, 0.2) is 18.2 Å². The lowest BCUT2D eigenvalue weighted by atomic mass is 10.2. The lowest BCUT2D eigenvalue weighted by molar-refractivity contribution is 0.0235. The highest BCUT2D eigenvalue weighted by molar-refractivity contribution is 14.1. The molecule has 1 amide bonds. The van der Waals surface area contributed by atoms with Crippen molar-refractivity contribution in [3.8, 4) is 0 Å². The number of hydrogen-bond donors (Lipinski definition) is 1. The molecule has 1 heterocycles. The van der Waals surface area contributed by atoms with E-state index >= 15 is 0 Å². The first-order valence-corrected chi connectivity index (χ1v) is 8.84. The fourth-order valence-electron chi connectivity index (χ4n) is 2.55. The molecule has 0 aromatic heterocycles. The third-order valence-corrected chi connectivity index (χ3v) is 4.88. The van der Waals surface area contributed by atoms with Crippen LogP contribution >= 0.6 is 22.6 Å². The molecule has 1 fully saturated rings. The van der Waals surface area contributed by atoms with Gasteiger partial charge >= 0.3 is 6.09 Å². The fraction of sp³-hybridized carbons (Fsp3) is 0.588. The Morgan fingerprint density at radius 3 is 2.82 bits per heavy atom. The van der Waals surface area contributed by atoms with Crippen molar-refractivity contribution in [3.63, 3.8) is 0 Å². The van der Waals surface area contributed by atoms with Gasteiger partial charge in [-0.15, -0.1) is 0 Å². The molecule has 1 aromatic carbocycles. The number of likely N-dealkylation sites (tertiary alicyclic amines) is 1. The highest BCUT2D eigenvalue weighted by Crippen LogP contribution is 2.22. The van der Waals surface area contributed by atoms with Crippen LogP contribution in [-0.4, -0.2) is 35.7 Å². The van der Waals surface area contributed by atoms with Crippen LogP contribution in [0.4, 0.5) is 10.5 Å². The average molecular weight is 416 g/mol. The molecule has 4 nitrogen and oxygen atoms in total. The van der Waals surface area contributed by atoms with E-state index < -0.39 is 5.60 Å². The Morgan fingerprint density at radius 1 is 1.45 bits per heavy atom. The molecule has 22 heavy (non-hydrogen) atoms. The van der Waals surface area contributed by atoms with E-state index in [9.17, 15) is 4.79 Å². The van der Waals surface area contributed by atoms with Gasteiger partial charge in [-0.05, 0) is 80.8 Å². The van der Waals surface area contributed by atoms with E-state index in [1.165, 1.54) is 9.13 Å². The van der Waals surface area contributed by atoms with E-state index in [4.69, 9.17) is 4.74 Å². The maximum absolute atomic E-state index is 12.3. The number of anilines is 1. The Kier molecular flexibility index (Phi) is 5.58. The minimum atomic E-state index is -0.440. The van der Waals surface area contributed by atoms with E-state index in [0.717, 1.165) is 31.6 Å². The predicted octanol–water partition coefficient (Wildman–Crippen LogP) is 4.41. The van der Waals surface area contributed by atoms with Crippen molar-refractivity contribution >= 4 is 34.4 Å². The fourth-order valence-corrected chi connectivity index (χ4v) is 3.06. The molecule has 2 rings (SSSR count). The second-order valence-electron chi connectivity index (χ2n) is 6.81. The number of nitrogens with zero attached hydrogens (tertiary/aromatic N) is 1. The quantitative estimate of drug-likeness (QED) is 0.743. The third kappa shape index (κ3) is 4.76. The van der Waals surface area contributed by atoms with Crippen LogP contribution in [0.3, 0.4) is 0 Å². The molecule has 0 radical (unpaired) electrons. The highest BCUT2D eigenvalue weighted by Gasteiger charge is 2.31. The van der Waals surface area contributed by atoms with Gasteiger partial charge in [0, 0.05) is 22.3 Å². The molecule has 0 spiro atoms. The Morgan fingerprint density at radius 2 is 2.18 bits per heavy atom. The second-order valence-corrected chi connectivity index (χ2v) is 7.98. The molecule has 1 N–H and O–H groups in total. The molecule has 1 aromatic rings. The maximum Gasteiger partial charge on any atom is 0.410 e. The lowest BCUT2D eigenvalue weighted by Gasteiger charge is -2.29. The number of rotatable bonds is 3. The molecule has 0 aliphatic carbocycles. The Balaban J connectivity index is 1.93. The Bertz CT molecular complexity index is 540. The van der Waals surface area contributed by atoms with Crippen molar-refractivity contribution in [1.29, 1.82) is 0 Å². The van der Waals surface area contributed by atoms with Gasteiger partial charge in [0.2, 0.25) is 0 Å². The van der Waals surface area contributed by atoms with Crippen LogP contribution in [0.25, 0.3) is 0 Å². The number of benzene rings is 1. The maximum atomic E-state index is 12.3. The predicted molar refractivity (Wildman–Crippen MR) is 98.3 cm³/mol. The van der Waals surface area contributed by atoms with Crippen molar-refractivity contribution < 1.29 is 9.53 Å². The van der Waals surface area contributed by atoms with E-state index in [1.54, 1.807) is 0 Å². The van der Waals surface area contributed by atoms with Gasteiger partial charge < -0.3 is 15.0 Å². The number of carbonyl (C=O) groups is 1. The first kappa shape index (κ1) is 17.4. The van der Waals surface area contributed by atoms with Crippen molar-refractivity contribution in [2.45, 2.75) is 52.2 Å². The van der Waals surface area contributed by atoms with Crippen molar-refractivity contribution in [1.82, 2.24) is 4.90 Å². The minimum absolute atomic E-state index is 0.199. The smallest absolute Gasteiger partial charge is 0.410 e. The summed E-state index contributed by atoms with van der Waals surface area (Å²) in [6, 6.07) is 6.55. The van der Waals surface area contributed by atoms with Crippen LogP contribution in [-0.2, 0) is 4.74 Å². The molecule has 1 unspecified atom stereocenters. The zero-order valence-corrected chi connectivity index (χ0v) is 15.9. The highest BCUT2D eigenvalue weighted by atomic mass is 127. The van der Waals surface area contributed by atoms with E-state index in [-0.39, 0.29) is 12.1 Å². The zero-order valence-electron chi connectivity index (χ0n) is 13.8. The summed E-state index contributed by atoms with van der Waals surface area (Å²) in [5, 5.41) is 3.45. The van der Waals surface area contributed by atoms with Gasteiger partial charge in [0.1, 0.15) is 5.60 Å². The van der Waals surface area contributed by atoms with Crippen molar-refractivity contribution in [2.75, 3.05) is 18.4 Å². The summed E-state index contributed by atoms with van der Waals surface area (Å²) in [4.78, 5) is 14.1. The van der Waals surface area contributed by atoms with Crippen LogP contribution < -0.4 is 5.32 Å². The average Bonchev–Trinajstić information content (AvgIpc) is 2.87. The molecule has 1 aliphatic rings. The number of ether oxygens (including phenoxy) is 1. The molecule has 1 atom stereocenters. The normalized spacial score (nSPS) is 18.4. The van der Waals surface area contributed by atoms with E-state index in [0.29, 0.717) is 0 Å². The van der Waals surface area contributed by atoms with Gasteiger partial charge in [0.15, 0.2) is 0 Å². The molecule has 5 heteroatoms. The molecule has 122 valence electrons. The topological polar surface area (TPSA) is 41.6 Å². The van der Waals surface area contributed by atoms with Crippen LogP contribution in [0.5, 0.6) is 0 Å². The summed E-state index contributed by atoms with van der Waals surface area (Å²) in [5.41, 5.74) is 1.94. The molecule has 1 aliphatic heterocycles. The molecule has 0 bridgehead atoms. The SMILES string of the molecule is Cc1ccc(NCC2CCCN2C(=O)OC(C)(C)C)cc1I. The standard InChI is InChI=1S/C17H25IN2O2/c1-12-7-8-13(10-15(12)18)19-11-14-6-5-9-20(14)16(21)22-17(2,3)4/h7-8,10,14,19H,5-6,9,11H2,1-4H3. The van der Waals surface area contributed by atoms with Gasteiger partial charge in [-0.25, -0.2) is 4.79 Å². The van der Waals surface area contributed by atoms with Crippen LogP contribution in [0, 0.1) is 10.5 Å². The zero-order chi connectivity index (χ0) is 16.3. The summed E-state index contributed by atoms with van der Waals surface area (Å²) >= 11 is 2.34. The van der Waals surface area contributed by atoms with Crippen LogP contribution in [0.1, 0.15) is 39.2 Å². The molecular formula is C17H25IN2O2. The number of aryl methyl sites for hydroxylation is 1. The number of carbonyl (C=O) groups excluding carboxylic acids is 1. The van der Waals surface area contributed by atoms with Gasteiger partial charge in [-0.2, -0.15) is 0 Å². The number of hydrogen-bond acceptors (Lipinski definition) is 3. The second kappa shape index (κ2) is 7.06. The first-order chi connectivity index (χ1) is 10.3. The summed E-state index contributed by atoms with van der Waals surface area (Å²) < 4.78 is 6.74. The van der Waals surface area contributed by atoms with Gasteiger partial charge in [-0.3, -0.25) is 0 Å². The molecule has 1 saturated heterocycles. The van der Waals surface area contributed by atoms with E-state index in [1.807, 2.05) is 25.7 Å². The summed E-state index contributed by atoms with van der Waals surface area (Å²) in [6.07, 6.45) is 1.86. The lowest BCUT2D eigenvalue weighted by Crippen LogP contribution is -2.42. The summed E-state index contributed by atoms with van der Waals surface area (Å²) in [7, 11) is 0. The minimum Gasteiger partial charge on any atom is -0.444 e. The monoisotopic (exact) mass is 416 g/mol. The Hall–Kier alpha value is -0.980. The Labute approximate surface area is 146 Å². The number of nitrogens with one attached hydrogen (secondary N) is 1. The van der Waals surface area contributed by atoms with E-state index in [2.05, 4.69) is 53.0 Å². The summed E-state index contributed by atoms with van der Waals surface area (Å²) in [5.74, 6) is 0. The summed E-state index contributed by atoms with van der Waals surface area (Å²) in [6.45, 7) is 9.37. The molecule has 0 saturated carbocycles. The van der Waals surface area contributed by atoms with Crippen LogP contribution in [0.2, 0.25) is 0 Å². The largest absolute Gasteiger partial charge is 0.444 e. The molecular weight excluding hydrogens is 391 g/mol.